The fourth-order valence-electron chi connectivity index (χ4n) is 5.23. The normalized spacial score (nSPS) is 19.4. The number of aliphatic hydroxyl groups is 2. The van der Waals surface area contributed by atoms with Crippen molar-refractivity contribution in [2.24, 2.45) is 11.8 Å². The lowest BCUT2D eigenvalue weighted by Crippen LogP contribution is -2.36. The van der Waals surface area contributed by atoms with Gasteiger partial charge in [0, 0.05) is 36.3 Å². The number of halogens is 3. The third kappa shape index (κ3) is 4.88. The summed E-state index contributed by atoms with van der Waals surface area (Å²) < 4.78 is 53.4. The van der Waals surface area contributed by atoms with E-state index in [9.17, 15) is 23.4 Å². The molecule has 0 saturated carbocycles. The van der Waals surface area contributed by atoms with Crippen LogP contribution in [-0.4, -0.2) is 58.3 Å². The minimum atomic E-state index is -4.71. The third-order valence-corrected chi connectivity index (χ3v) is 7.08. The van der Waals surface area contributed by atoms with E-state index in [-0.39, 0.29) is 42.1 Å². The van der Waals surface area contributed by atoms with Gasteiger partial charge in [-0.15, -0.1) is 0 Å². The molecule has 0 aliphatic heterocycles. The molecule has 0 spiro atoms. The minimum absolute atomic E-state index is 0.0117. The Balaban J connectivity index is 1.49. The first kappa shape index (κ1) is 25.4. The largest absolute Gasteiger partial charge is 0.422 e. The van der Waals surface area contributed by atoms with E-state index >= 15 is 0 Å². The first-order chi connectivity index (χ1) is 17.8. The predicted molar refractivity (Wildman–Crippen MR) is 130 cm³/mol. The zero-order chi connectivity index (χ0) is 26.2. The first-order valence-electron chi connectivity index (χ1n) is 12.3. The number of nitrogens with zero attached hydrogens (tertiary/aromatic N) is 3. The lowest BCUT2D eigenvalue weighted by atomic mass is 9.76. The third-order valence-electron chi connectivity index (χ3n) is 7.08. The van der Waals surface area contributed by atoms with Gasteiger partial charge < -0.3 is 19.3 Å². The van der Waals surface area contributed by atoms with Crippen LogP contribution in [0.1, 0.15) is 30.2 Å². The average Bonchev–Trinajstić information content (AvgIpc) is 3.50. The summed E-state index contributed by atoms with van der Waals surface area (Å²) in [6.45, 7) is 3.73. The van der Waals surface area contributed by atoms with Gasteiger partial charge in [0.1, 0.15) is 11.3 Å². The summed E-state index contributed by atoms with van der Waals surface area (Å²) >= 11 is 0. The maximum absolute atomic E-state index is 14.2. The van der Waals surface area contributed by atoms with Crippen LogP contribution in [0, 0.1) is 11.8 Å². The van der Waals surface area contributed by atoms with E-state index in [4.69, 9.17) is 9.05 Å². The topological polar surface area (TPSA) is 95.8 Å². The molecule has 7 nitrogen and oxygen atoms in total. The van der Waals surface area contributed by atoms with Gasteiger partial charge in [-0.2, -0.15) is 13.2 Å². The molecule has 0 saturated heterocycles. The molecule has 2 aliphatic rings. The van der Waals surface area contributed by atoms with Gasteiger partial charge in [-0.25, -0.2) is 0 Å². The van der Waals surface area contributed by atoms with Crippen molar-refractivity contribution in [1.29, 1.82) is 0 Å². The molecule has 196 valence electrons. The number of fused-ring (bicyclic) bond motifs is 3. The van der Waals surface area contributed by atoms with Crippen LogP contribution < -0.4 is 0 Å². The monoisotopic (exact) mass is 515 g/mol. The van der Waals surface area contributed by atoms with Crippen molar-refractivity contribution in [2.75, 3.05) is 32.8 Å². The molecule has 2 atom stereocenters. The van der Waals surface area contributed by atoms with Crippen molar-refractivity contribution in [2.45, 2.75) is 25.9 Å². The summed E-state index contributed by atoms with van der Waals surface area (Å²) in [5, 5.41) is 26.7. The number of alkyl halides is 3. The van der Waals surface area contributed by atoms with Crippen molar-refractivity contribution in [3.05, 3.63) is 64.9 Å². The molecule has 2 N–H and O–H groups in total. The van der Waals surface area contributed by atoms with Crippen molar-refractivity contribution in [1.82, 2.24) is 15.2 Å². The molecule has 0 amide bonds. The number of aliphatic hydroxyl groups excluding tert-OH is 2. The highest BCUT2D eigenvalue weighted by molar-refractivity contribution is 5.85. The van der Waals surface area contributed by atoms with Crippen LogP contribution >= 0.6 is 0 Å². The maximum Gasteiger partial charge on any atom is 0.422 e. The van der Waals surface area contributed by atoms with E-state index in [0.717, 1.165) is 11.1 Å². The fraction of sp³-hybridized carbons (Fsp3) is 0.407. The minimum Gasteiger partial charge on any atom is -0.395 e. The van der Waals surface area contributed by atoms with Crippen LogP contribution in [0.3, 0.4) is 0 Å². The summed E-state index contributed by atoms with van der Waals surface area (Å²) in [6, 6.07) is 8.07. The maximum atomic E-state index is 14.2. The SMILES string of the molecule is CC1C=C2C(=CC1CN(CCO)CCO)CCc1c2noc1-c1noc(-c2ccccc2)c1C(F)(F)F. The molecule has 2 aliphatic carbocycles. The van der Waals surface area contributed by atoms with Gasteiger partial charge in [-0.1, -0.05) is 59.7 Å². The average molecular weight is 516 g/mol. The Morgan fingerprint density at radius 3 is 2.30 bits per heavy atom. The summed E-state index contributed by atoms with van der Waals surface area (Å²) in [7, 11) is 0. The number of aromatic nitrogens is 2. The molecule has 1 aromatic carbocycles. The zero-order valence-electron chi connectivity index (χ0n) is 20.3. The van der Waals surface area contributed by atoms with Gasteiger partial charge in [0.15, 0.2) is 17.2 Å². The fourth-order valence-corrected chi connectivity index (χ4v) is 5.23. The first-order valence-corrected chi connectivity index (χ1v) is 12.3. The molecular formula is C27H28F3N3O4. The van der Waals surface area contributed by atoms with E-state index in [1.54, 1.807) is 30.3 Å². The highest BCUT2D eigenvalue weighted by Crippen LogP contribution is 2.48. The van der Waals surface area contributed by atoms with E-state index in [0.29, 0.717) is 43.7 Å². The van der Waals surface area contributed by atoms with Gasteiger partial charge in [0.05, 0.1) is 13.2 Å². The van der Waals surface area contributed by atoms with Crippen molar-refractivity contribution in [3.63, 3.8) is 0 Å². The number of allylic oxidation sites excluding steroid dienone is 3. The second-order valence-corrected chi connectivity index (χ2v) is 9.48. The van der Waals surface area contributed by atoms with Gasteiger partial charge in [-0.3, -0.25) is 4.90 Å². The predicted octanol–water partition coefficient (Wildman–Crippen LogP) is 4.82. The quantitative estimate of drug-likeness (QED) is 0.444. The Labute approximate surface area is 211 Å². The second kappa shape index (κ2) is 10.3. The van der Waals surface area contributed by atoms with Gasteiger partial charge in [0.2, 0.25) is 0 Å². The van der Waals surface area contributed by atoms with Crippen LogP contribution in [0.5, 0.6) is 0 Å². The Morgan fingerprint density at radius 2 is 1.62 bits per heavy atom. The van der Waals surface area contributed by atoms with Gasteiger partial charge in [0.25, 0.3) is 0 Å². The lowest BCUT2D eigenvalue weighted by Gasteiger charge is -2.32. The molecule has 10 heteroatoms. The molecule has 2 heterocycles. The summed E-state index contributed by atoms with van der Waals surface area (Å²) in [4.78, 5) is 2.02. The molecule has 0 radical (unpaired) electrons. The molecule has 2 unspecified atom stereocenters. The smallest absolute Gasteiger partial charge is 0.395 e. The highest BCUT2D eigenvalue weighted by Gasteiger charge is 2.44. The Morgan fingerprint density at radius 1 is 0.946 bits per heavy atom. The molecule has 0 bridgehead atoms. The second-order valence-electron chi connectivity index (χ2n) is 9.48. The zero-order valence-corrected chi connectivity index (χ0v) is 20.3. The van der Waals surface area contributed by atoms with Crippen LogP contribution in [-0.2, 0) is 12.6 Å². The van der Waals surface area contributed by atoms with E-state index in [2.05, 4.69) is 29.4 Å². The number of benzene rings is 1. The lowest BCUT2D eigenvalue weighted by molar-refractivity contribution is -0.136. The van der Waals surface area contributed by atoms with Crippen molar-refractivity contribution in [3.8, 4) is 22.8 Å². The van der Waals surface area contributed by atoms with Crippen molar-refractivity contribution < 1.29 is 32.4 Å². The molecule has 2 aromatic heterocycles. The molecule has 0 fully saturated rings. The van der Waals surface area contributed by atoms with Crippen molar-refractivity contribution >= 4 is 5.57 Å². The van der Waals surface area contributed by atoms with Crippen LogP contribution in [0.2, 0.25) is 0 Å². The number of hydrogen-bond acceptors (Lipinski definition) is 7. The van der Waals surface area contributed by atoms with Crippen LogP contribution in [0.4, 0.5) is 13.2 Å². The summed E-state index contributed by atoms with van der Waals surface area (Å²) in [5.74, 6) is -0.0777. The number of rotatable bonds is 8. The standard InChI is InChI=1S/C27H28F3N3O4/c1-16-13-21-18(14-19(16)15-33(9-11-34)10-12-35)7-8-20-23(21)31-37-26(20)24-22(27(28,29)30)25(36-32-24)17-5-3-2-4-6-17/h2-6,13-14,16,19,34-35H,7-12,15H2,1H3. The Bertz CT molecular complexity index is 1300. The molecule has 3 aromatic rings. The number of hydrogen-bond donors (Lipinski definition) is 2. The van der Waals surface area contributed by atoms with E-state index in [1.807, 2.05) is 4.90 Å². The Kier molecular flexibility index (Phi) is 7.06. The van der Waals surface area contributed by atoms with Crippen LogP contribution in [0.15, 0.2) is 57.1 Å². The molecular weight excluding hydrogens is 487 g/mol. The summed E-state index contributed by atoms with van der Waals surface area (Å²) in [5.41, 5.74) is 1.99. The summed E-state index contributed by atoms with van der Waals surface area (Å²) in [6.07, 6.45) is 0.648. The van der Waals surface area contributed by atoms with E-state index < -0.39 is 17.4 Å². The van der Waals surface area contributed by atoms with Gasteiger partial charge >= 0.3 is 6.18 Å². The molecule has 5 rings (SSSR count). The van der Waals surface area contributed by atoms with Gasteiger partial charge in [-0.05, 0) is 30.3 Å². The van der Waals surface area contributed by atoms with E-state index in [1.165, 1.54) is 0 Å². The Hall–Kier alpha value is -3.21. The van der Waals surface area contributed by atoms with Crippen LogP contribution in [0.25, 0.3) is 28.4 Å². The molecule has 37 heavy (non-hydrogen) atoms. The highest BCUT2D eigenvalue weighted by atomic mass is 19.4.